The number of aliphatic hydroxyl groups is 4. The topological polar surface area (TPSA) is 404 Å². The molecular formula is C27H46N7O19P3S. The lowest BCUT2D eigenvalue weighted by Gasteiger charge is -2.30. The lowest BCUT2D eigenvalue weighted by Crippen LogP contribution is -2.46. The highest BCUT2D eigenvalue weighted by atomic mass is 32.2. The molecule has 1 fully saturated rings. The Balaban J connectivity index is 1.47. The van der Waals surface area contributed by atoms with Crippen molar-refractivity contribution >= 4 is 69.1 Å². The van der Waals surface area contributed by atoms with Crippen LogP contribution in [0.4, 0.5) is 5.82 Å². The molecule has 1 aliphatic heterocycles. The summed E-state index contributed by atoms with van der Waals surface area (Å²) in [4.78, 5) is 87.5. The van der Waals surface area contributed by atoms with Gasteiger partial charge in [0.2, 0.25) is 11.8 Å². The number of nitrogens with one attached hydrogen (secondary N) is 2. The number of nitrogens with zero attached hydrogens (tertiary/aromatic N) is 4. The van der Waals surface area contributed by atoms with Crippen LogP contribution in [0.25, 0.3) is 11.2 Å². The molecule has 0 aliphatic carbocycles. The van der Waals surface area contributed by atoms with Crippen molar-refractivity contribution in [1.82, 2.24) is 30.2 Å². The predicted octanol–water partition coefficient (Wildman–Crippen LogP) is -1.81. The van der Waals surface area contributed by atoms with Crippen molar-refractivity contribution in [3.63, 3.8) is 0 Å². The van der Waals surface area contributed by atoms with Crippen molar-refractivity contribution in [3.8, 4) is 0 Å². The fourth-order valence-corrected chi connectivity index (χ4v) is 8.66. The van der Waals surface area contributed by atoms with Gasteiger partial charge < -0.3 is 61.1 Å². The van der Waals surface area contributed by atoms with E-state index in [0.717, 1.165) is 29.0 Å². The van der Waals surface area contributed by atoms with Crippen LogP contribution in [0.3, 0.4) is 0 Å². The molecule has 30 heteroatoms. The second-order valence-electron chi connectivity index (χ2n) is 13.4. The van der Waals surface area contributed by atoms with Gasteiger partial charge in [-0.15, -0.1) is 0 Å². The molecule has 0 spiro atoms. The molecule has 1 aliphatic rings. The maximum atomic E-state index is 12.7. The number of nitrogens with two attached hydrogens (primary N) is 1. The second kappa shape index (κ2) is 20.2. The molecule has 3 heterocycles. The standard InChI is InChI=1S/C27H46N7O19P3S/c1-26(2,21(39)24(40)30-6-4-16(36)29-7-9-57-17(37)10-27(3,41)5-8-35)12-50-56(47,48)53-55(45,46)49-11-15-20(52-54(42,43)44)19(38)25(51-15)34-14-33-18-22(28)31-13-32-23(18)34/h13-15,19-21,25,35,38-39,41H,4-12H2,1-3H3,(H,29,36)(H,30,40)(H,45,46)(H,47,48)(H2,28,31,32)(H2,42,43,44)/t15-,19-,20-,21+,25-,27-/m1/s1. The van der Waals surface area contributed by atoms with E-state index in [2.05, 4.69) is 34.4 Å². The van der Waals surface area contributed by atoms with Crippen LogP contribution in [0.2, 0.25) is 0 Å². The van der Waals surface area contributed by atoms with Crippen molar-refractivity contribution in [1.29, 1.82) is 0 Å². The number of phosphoric ester groups is 3. The average Bonchev–Trinajstić information content (AvgIpc) is 3.64. The number of nitrogen functional groups attached to an aromatic ring is 1. The third kappa shape index (κ3) is 15.2. The SMILES string of the molecule is CC(C)(COP(=O)(O)OP(=O)(O)OC[C@H]1O[C@@H](n2cnc3c(N)ncnc32)[C@H](O)[C@@H]1OP(=O)(O)O)[C@@H](O)C(=O)NCCC(=O)NCCSC(=O)C[C@](C)(O)CCO. The number of rotatable bonds is 23. The number of ether oxygens (including phenoxy) is 1. The second-order valence-corrected chi connectivity index (χ2v) is 18.8. The third-order valence-corrected chi connectivity index (χ3v) is 11.9. The van der Waals surface area contributed by atoms with Crippen LogP contribution in [-0.2, 0) is 50.7 Å². The maximum absolute atomic E-state index is 12.7. The Kier molecular flexibility index (Phi) is 17.3. The van der Waals surface area contributed by atoms with E-state index in [1.165, 1.54) is 20.8 Å². The van der Waals surface area contributed by atoms with Crippen LogP contribution in [0.15, 0.2) is 12.7 Å². The largest absolute Gasteiger partial charge is 0.481 e. The molecule has 2 aromatic heterocycles. The first-order valence-corrected chi connectivity index (χ1v) is 22.1. The van der Waals surface area contributed by atoms with E-state index < -0.39 is 90.2 Å². The van der Waals surface area contributed by atoms with Crippen molar-refractivity contribution < 1.29 is 90.7 Å². The number of aromatic nitrogens is 4. The van der Waals surface area contributed by atoms with E-state index in [1.807, 2.05) is 0 Å². The number of carbonyl (C=O) groups is 3. The number of imidazole rings is 1. The Hall–Kier alpha value is -2.52. The zero-order valence-corrected chi connectivity index (χ0v) is 34.1. The molecule has 0 radical (unpaired) electrons. The summed E-state index contributed by atoms with van der Waals surface area (Å²) in [5.74, 6) is -1.37. The van der Waals surface area contributed by atoms with Gasteiger partial charge in [-0.25, -0.2) is 28.6 Å². The van der Waals surface area contributed by atoms with Gasteiger partial charge in [0.05, 0.1) is 25.1 Å². The van der Waals surface area contributed by atoms with Crippen LogP contribution in [0.1, 0.15) is 46.3 Å². The first-order valence-electron chi connectivity index (χ1n) is 16.6. The van der Waals surface area contributed by atoms with Crippen molar-refractivity contribution in [2.75, 3.05) is 44.4 Å². The first-order chi connectivity index (χ1) is 26.3. The summed E-state index contributed by atoms with van der Waals surface area (Å²) >= 11 is 0.881. The summed E-state index contributed by atoms with van der Waals surface area (Å²) in [6, 6.07) is 0. The fraction of sp³-hybridized carbons (Fsp3) is 0.704. The molecule has 57 heavy (non-hydrogen) atoms. The molecule has 2 unspecified atom stereocenters. The number of hydrogen-bond acceptors (Lipinski definition) is 20. The number of phosphoric acid groups is 3. The van der Waals surface area contributed by atoms with Crippen LogP contribution in [0.5, 0.6) is 0 Å². The van der Waals surface area contributed by atoms with E-state index >= 15 is 0 Å². The van der Waals surface area contributed by atoms with E-state index in [9.17, 15) is 63.0 Å². The lowest BCUT2D eigenvalue weighted by atomic mass is 9.87. The van der Waals surface area contributed by atoms with E-state index in [-0.39, 0.29) is 66.8 Å². The zero-order valence-electron chi connectivity index (χ0n) is 30.6. The number of anilines is 1. The van der Waals surface area contributed by atoms with Crippen molar-refractivity contribution in [2.45, 2.75) is 76.3 Å². The highest BCUT2D eigenvalue weighted by Gasteiger charge is 2.50. The molecule has 0 saturated carbocycles. The van der Waals surface area contributed by atoms with Crippen LogP contribution in [0, 0.1) is 5.41 Å². The van der Waals surface area contributed by atoms with Crippen molar-refractivity contribution in [3.05, 3.63) is 12.7 Å². The minimum Gasteiger partial charge on any atom is -0.396 e. The summed E-state index contributed by atoms with van der Waals surface area (Å²) in [5.41, 5.74) is 2.86. The highest BCUT2D eigenvalue weighted by molar-refractivity contribution is 8.13. The number of amides is 2. The first kappa shape index (κ1) is 48.8. The molecule has 12 N–H and O–H groups in total. The summed E-state index contributed by atoms with van der Waals surface area (Å²) in [6.07, 6.45) is -7.23. The maximum Gasteiger partial charge on any atom is 0.481 e. The minimum atomic E-state index is -5.59. The Morgan fingerprint density at radius 1 is 1.05 bits per heavy atom. The van der Waals surface area contributed by atoms with Gasteiger partial charge in [0.15, 0.2) is 22.8 Å². The smallest absolute Gasteiger partial charge is 0.396 e. The lowest BCUT2D eigenvalue weighted by molar-refractivity contribution is -0.137. The van der Waals surface area contributed by atoms with Crippen LogP contribution < -0.4 is 16.4 Å². The number of aliphatic hydroxyl groups excluding tert-OH is 3. The summed E-state index contributed by atoms with van der Waals surface area (Å²) in [6.45, 7) is 1.38. The predicted molar refractivity (Wildman–Crippen MR) is 194 cm³/mol. The molecule has 26 nitrogen and oxygen atoms in total. The molecule has 324 valence electrons. The quantitative estimate of drug-likeness (QED) is 0.0432. The van der Waals surface area contributed by atoms with Gasteiger partial charge in [-0.3, -0.25) is 32.5 Å². The van der Waals surface area contributed by atoms with Gasteiger partial charge >= 0.3 is 23.5 Å². The van der Waals surface area contributed by atoms with E-state index in [1.54, 1.807) is 0 Å². The summed E-state index contributed by atoms with van der Waals surface area (Å²) in [5, 5.41) is 44.8. The van der Waals surface area contributed by atoms with Gasteiger partial charge in [0.1, 0.15) is 36.3 Å². The highest BCUT2D eigenvalue weighted by Crippen LogP contribution is 2.61. The number of thioether (sulfide) groups is 1. The zero-order chi connectivity index (χ0) is 43.0. The Bertz CT molecular complexity index is 1870. The molecule has 1 saturated heterocycles. The van der Waals surface area contributed by atoms with E-state index in [0.29, 0.717) is 0 Å². The number of carbonyl (C=O) groups excluding carboxylic acids is 3. The van der Waals surface area contributed by atoms with Crippen molar-refractivity contribution in [2.24, 2.45) is 5.41 Å². The molecule has 0 aromatic carbocycles. The van der Waals surface area contributed by atoms with Crippen LogP contribution in [-0.4, -0.2) is 145 Å². The molecule has 0 bridgehead atoms. The summed E-state index contributed by atoms with van der Waals surface area (Å²) in [7, 11) is -16.4. The Labute approximate surface area is 328 Å². The van der Waals surface area contributed by atoms with Gasteiger partial charge in [-0.1, -0.05) is 25.6 Å². The average molecular weight is 898 g/mol. The van der Waals surface area contributed by atoms with Gasteiger partial charge in [-0.05, 0) is 13.3 Å². The van der Waals surface area contributed by atoms with E-state index in [4.69, 9.17) is 24.6 Å². The number of fused-ring (bicyclic) bond motifs is 1. The summed E-state index contributed by atoms with van der Waals surface area (Å²) < 4.78 is 62.0. The van der Waals surface area contributed by atoms with Gasteiger partial charge in [0, 0.05) is 43.7 Å². The Morgan fingerprint density at radius 3 is 2.37 bits per heavy atom. The number of hydrogen-bond donors (Lipinski definition) is 11. The molecule has 2 amide bonds. The molecule has 3 rings (SSSR count). The normalized spacial score (nSPS) is 22.6. The van der Waals surface area contributed by atoms with Crippen LogP contribution >= 0.6 is 35.2 Å². The molecule has 2 aromatic rings. The Morgan fingerprint density at radius 2 is 1.72 bits per heavy atom. The van der Waals surface area contributed by atoms with Gasteiger partial charge in [-0.2, -0.15) is 4.31 Å². The minimum absolute atomic E-state index is 0.0213. The molecule has 8 atom stereocenters. The molecular weight excluding hydrogens is 851 g/mol. The van der Waals surface area contributed by atoms with Gasteiger partial charge in [0.25, 0.3) is 0 Å². The fourth-order valence-electron chi connectivity index (χ4n) is 4.99. The monoisotopic (exact) mass is 897 g/mol. The third-order valence-electron chi connectivity index (χ3n) is 7.94.